The first-order chi connectivity index (χ1) is 7.56. The zero-order chi connectivity index (χ0) is 12.1. The van der Waals surface area contributed by atoms with Crippen molar-refractivity contribution in [3.05, 3.63) is 35.4 Å². The summed E-state index contributed by atoms with van der Waals surface area (Å²) in [5, 5.41) is 7.81. The van der Waals surface area contributed by atoms with Crippen LogP contribution in [-0.2, 0) is 6.42 Å². The number of nitrogens with zero attached hydrogens (tertiary/aromatic N) is 1. The highest BCUT2D eigenvalue weighted by molar-refractivity contribution is 5.81. The van der Waals surface area contributed by atoms with Gasteiger partial charge in [-0.15, -0.1) is 0 Å². The summed E-state index contributed by atoms with van der Waals surface area (Å²) in [6.45, 7) is 5.36. The SMILES string of the molecule is CCN(CC)C(=N)Cc1cc(F)cc(F)c1. The van der Waals surface area contributed by atoms with Crippen LogP contribution in [0.15, 0.2) is 18.2 Å². The van der Waals surface area contributed by atoms with Gasteiger partial charge < -0.3 is 4.90 Å². The van der Waals surface area contributed by atoms with Gasteiger partial charge in [-0.1, -0.05) is 0 Å². The predicted molar refractivity (Wildman–Crippen MR) is 60.7 cm³/mol. The van der Waals surface area contributed by atoms with Crippen molar-refractivity contribution in [3.8, 4) is 0 Å². The summed E-state index contributed by atoms with van der Waals surface area (Å²) in [6, 6.07) is 3.37. The van der Waals surface area contributed by atoms with Gasteiger partial charge in [-0.2, -0.15) is 0 Å². The summed E-state index contributed by atoms with van der Waals surface area (Å²) >= 11 is 0. The summed E-state index contributed by atoms with van der Waals surface area (Å²) < 4.78 is 25.8. The average molecular weight is 226 g/mol. The fourth-order valence-corrected chi connectivity index (χ4v) is 1.62. The molecule has 0 heterocycles. The van der Waals surface area contributed by atoms with E-state index in [0.717, 1.165) is 19.2 Å². The third-order valence-corrected chi connectivity index (χ3v) is 2.44. The zero-order valence-electron chi connectivity index (χ0n) is 9.56. The molecule has 0 aliphatic rings. The van der Waals surface area contributed by atoms with Gasteiger partial charge in [-0.05, 0) is 31.5 Å². The van der Waals surface area contributed by atoms with Crippen molar-refractivity contribution in [1.29, 1.82) is 5.41 Å². The zero-order valence-corrected chi connectivity index (χ0v) is 9.56. The predicted octanol–water partition coefficient (Wildman–Crippen LogP) is 2.83. The topological polar surface area (TPSA) is 27.1 Å². The Kier molecular flexibility index (Phi) is 4.40. The van der Waals surface area contributed by atoms with E-state index in [1.54, 1.807) is 0 Å². The summed E-state index contributed by atoms with van der Waals surface area (Å²) in [5.74, 6) is -0.806. The van der Waals surface area contributed by atoms with E-state index < -0.39 is 11.6 Å². The Balaban J connectivity index is 2.76. The summed E-state index contributed by atoms with van der Waals surface area (Å²) in [6.07, 6.45) is 0.260. The number of rotatable bonds is 4. The van der Waals surface area contributed by atoms with Crippen molar-refractivity contribution < 1.29 is 8.78 Å². The van der Waals surface area contributed by atoms with Crippen LogP contribution in [0, 0.1) is 17.0 Å². The molecule has 0 saturated carbocycles. The lowest BCUT2D eigenvalue weighted by molar-refractivity contribution is 0.455. The molecular formula is C12H16F2N2. The second-order valence-corrected chi connectivity index (χ2v) is 3.57. The van der Waals surface area contributed by atoms with Gasteiger partial charge in [0.05, 0.1) is 0 Å². The standard InChI is InChI=1S/C12H16F2N2/c1-3-16(4-2)12(15)7-9-5-10(13)8-11(14)6-9/h5-6,8,15H,3-4,7H2,1-2H3. The molecule has 16 heavy (non-hydrogen) atoms. The van der Waals surface area contributed by atoms with Gasteiger partial charge in [0.2, 0.25) is 0 Å². The Morgan fingerprint density at radius 1 is 1.12 bits per heavy atom. The van der Waals surface area contributed by atoms with E-state index in [2.05, 4.69) is 0 Å². The largest absolute Gasteiger partial charge is 0.361 e. The molecule has 0 spiro atoms. The number of nitrogens with one attached hydrogen (secondary N) is 1. The number of amidine groups is 1. The maximum atomic E-state index is 12.9. The molecule has 0 aliphatic heterocycles. The molecule has 1 N–H and O–H groups in total. The Morgan fingerprint density at radius 2 is 1.62 bits per heavy atom. The normalized spacial score (nSPS) is 10.2. The average Bonchev–Trinajstić information content (AvgIpc) is 2.17. The maximum absolute atomic E-state index is 12.9. The van der Waals surface area contributed by atoms with Crippen LogP contribution in [0.2, 0.25) is 0 Å². The van der Waals surface area contributed by atoms with Crippen LogP contribution in [0.5, 0.6) is 0 Å². The Morgan fingerprint density at radius 3 is 2.06 bits per heavy atom. The second kappa shape index (κ2) is 5.58. The van der Waals surface area contributed by atoms with Crippen molar-refractivity contribution in [2.24, 2.45) is 0 Å². The van der Waals surface area contributed by atoms with Crippen molar-refractivity contribution in [1.82, 2.24) is 4.90 Å². The molecule has 4 heteroatoms. The van der Waals surface area contributed by atoms with E-state index in [1.165, 1.54) is 12.1 Å². The van der Waals surface area contributed by atoms with Crippen molar-refractivity contribution in [2.45, 2.75) is 20.3 Å². The summed E-state index contributed by atoms with van der Waals surface area (Å²) in [4.78, 5) is 1.85. The van der Waals surface area contributed by atoms with Crippen LogP contribution in [0.4, 0.5) is 8.78 Å². The van der Waals surface area contributed by atoms with E-state index in [-0.39, 0.29) is 6.42 Å². The van der Waals surface area contributed by atoms with Crippen molar-refractivity contribution in [3.63, 3.8) is 0 Å². The van der Waals surface area contributed by atoms with Gasteiger partial charge in [-0.25, -0.2) is 8.78 Å². The van der Waals surface area contributed by atoms with Crippen molar-refractivity contribution in [2.75, 3.05) is 13.1 Å². The van der Waals surface area contributed by atoms with Crippen LogP contribution in [0.1, 0.15) is 19.4 Å². The van der Waals surface area contributed by atoms with Gasteiger partial charge in [0.25, 0.3) is 0 Å². The Labute approximate surface area is 94.4 Å². The van der Waals surface area contributed by atoms with Gasteiger partial charge in [0, 0.05) is 25.6 Å². The smallest absolute Gasteiger partial charge is 0.126 e. The van der Waals surface area contributed by atoms with Crippen LogP contribution in [0.3, 0.4) is 0 Å². The first-order valence-electron chi connectivity index (χ1n) is 5.34. The number of benzene rings is 1. The minimum absolute atomic E-state index is 0.260. The third kappa shape index (κ3) is 3.29. The molecule has 0 saturated heterocycles. The molecule has 1 aromatic carbocycles. The van der Waals surface area contributed by atoms with E-state index in [0.29, 0.717) is 11.4 Å². The fraction of sp³-hybridized carbons (Fsp3) is 0.417. The monoisotopic (exact) mass is 226 g/mol. The lowest BCUT2D eigenvalue weighted by Crippen LogP contribution is -2.31. The van der Waals surface area contributed by atoms with Crippen molar-refractivity contribution >= 4 is 5.84 Å². The molecule has 0 radical (unpaired) electrons. The van der Waals surface area contributed by atoms with Gasteiger partial charge in [0.1, 0.15) is 17.5 Å². The molecule has 0 bridgehead atoms. The van der Waals surface area contributed by atoms with Crippen LogP contribution < -0.4 is 0 Å². The molecule has 1 rings (SSSR count). The molecule has 0 atom stereocenters. The van der Waals surface area contributed by atoms with Gasteiger partial charge in [0.15, 0.2) is 0 Å². The summed E-state index contributed by atoms with van der Waals surface area (Å²) in [7, 11) is 0. The minimum Gasteiger partial charge on any atom is -0.361 e. The van der Waals surface area contributed by atoms with Crippen LogP contribution in [-0.4, -0.2) is 23.8 Å². The lowest BCUT2D eigenvalue weighted by Gasteiger charge is -2.21. The third-order valence-electron chi connectivity index (χ3n) is 2.44. The number of hydrogen-bond donors (Lipinski definition) is 1. The second-order valence-electron chi connectivity index (χ2n) is 3.57. The van der Waals surface area contributed by atoms with Gasteiger partial charge >= 0.3 is 0 Å². The van der Waals surface area contributed by atoms with E-state index in [4.69, 9.17) is 5.41 Å². The number of likely N-dealkylation sites (N-methyl/N-ethyl adjacent to an activating group) is 1. The molecule has 0 unspecified atom stereocenters. The molecule has 0 fully saturated rings. The minimum atomic E-state index is -0.595. The van der Waals surface area contributed by atoms with E-state index in [1.807, 2.05) is 18.7 Å². The van der Waals surface area contributed by atoms with Crippen LogP contribution >= 0.6 is 0 Å². The van der Waals surface area contributed by atoms with Crippen LogP contribution in [0.25, 0.3) is 0 Å². The first-order valence-corrected chi connectivity index (χ1v) is 5.34. The lowest BCUT2D eigenvalue weighted by atomic mass is 10.1. The highest BCUT2D eigenvalue weighted by Crippen LogP contribution is 2.09. The first kappa shape index (κ1) is 12.6. The maximum Gasteiger partial charge on any atom is 0.126 e. The number of hydrogen-bond acceptors (Lipinski definition) is 1. The highest BCUT2D eigenvalue weighted by Gasteiger charge is 2.08. The van der Waals surface area contributed by atoms with E-state index in [9.17, 15) is 8.78 Å². The molecular weight excluding hydrogens is 210 g/mol. The molecule has 2 nitrogen and oxygen atoms in total. The summed E-state index contributed by atoms with van der Waals surface area (Å²) in [5.41, 5.74) is 0.495. The molecule has 0 amide bonds. The molecule has 0 aromatic heterocycles. The van der Waals surface area contributed by atoms with Gasteiger partial charge in [-0.3, -0.25) is 5.41 Å². The highest BCUT2D eigenvalue weighted by atomic mass is 19.1. The Bertz CT molecular complexity index is 353. The quantitative estimate of drug-likeness (QED) is 0.620. The number of halogens is 2. The molecule has 1 aromatic rings. The Hall–Kier alpha value is -1.45. The molecule has 88 valence electrons. The molecule has 0 aliphatic carbocycles. The van der Waals surface area contributed by atoms with E-state index >= 15 is 0 Å². The fourth-order valence-electron chi connectivity index (χ4n) is 1.62.